The predicted octanol–water partition coefficient (Wildman–Crippen LogP) is 1.74. The molecule has 0 bridgehead atoms. The standard InChI is InChI=1S/C15H18N2O2/c1-11(18)16-8-3-4-13-5-6-15-14(10-13)7-9-17(15)12(2)19/h3-6,10H,7-9H2,1-2H3,(H,16,18). The number of hydrogen-bond donors (Lipinski definition) is 1. The number of amides is 2. The van der Waals surface area contributed by atoms with Gasteiger partial charge >= 0.3 is 0 Å². The van der Waals surface area contributed by atoms with E-state index >= 15 is 0 Å². The van der Waals surface area contributed by atoms with Crippen LogP contribution < -0.4 is 10.2 Å². The molecule has 0 fully saturated rings. The Morgan fingerprint density at radius 1 is 1.37 bits per heavy atom. The Kier molecular flexibility index (Phi) is 4.00. The zero-order valence-electron chi connectivity index (χ0n) is 11.3. The molecule has 2 rings (SSSR count). The fraction of sp³-hybridized carbons (Fsp3) is 0.333. The van der Waals surface area contributed by atoms with E-state index in [1.54, 1.807) is 11.8 Å². The number of carbonyl (C=O) groups is 2. The van der Waals surface area contributed by atoms with Gasteiger partial charge in [-0.15, -0.1) is 0 Å². The topological polar surface area (TPSA) is 49.4 Å². The van der Waals surface area contributed by atoms with Crippen molar-refractivity contribution in [2.24, 2.45) is 0 Å². The summed E-state index contributed by atoms with van der Waals surface area (Å²) >= 11 is 0. The monoisotopic (exact) mass is 258 g/mol. The highest BCUT2D eigenvalue weighted by molar-refractivity contribution is 5.93. The Labute approximate surface area is 113 Å². The number of fused-ring (bicyclic) bond motifs is 1. The van der Waals surface area contributed by atoms with Crippen molar-refractivity contribution in [2.75, 3.05) is 18.0 Å². The van der Waals surface area contributed by atoms with Crippen LogP contribution >= 0.6 is 0 Å². The molecule has 1 aromatic carbocycles. The lowest BCUT2D eigenvalue weighted by molar-refractivity contribution is -0.119. The summed E-state index contributed by atoms with van der Waals surface area (Å²) in [4.78, 5) is 24.0. The SMILES string of the molecule is CC(=O)NCC=Cc1ccc2c(c1)CCN2C(C)=O. The molecule has 19 heavy (non-hydrogen) atoms. The van der Waals surface area contributed by atoms with Crippen molar-refractivity contribution in [3.05, 3.63) is 35.4 Å². The number of nitrogens with one attached hydrogen (secondary N) is 1. The van der Waals surface area contributed by atoms with Gasteiger partial charge in [-0.2, -0.15) is 0 Å². The van der Waals surface area contributed by atoms with Gasteiger partial charge in [0, 0.05) is 32.6 Å². The number of nitrogens with zero attached hydrogens (tertiary/aromatic N) is 1. The summed E-state index contributed by atoms with van der Waals surface area (Å²) in [5.74, 6) is 0.0587. The highest BCUT2D eigenvalue weighted by atomic mass is 16.2. The Bertz CT molecular complexity index is 535. The van der Waals surface area contributed by atoms with Crippen molar-refractivity contribution < 1.29 is 9.59 Å². The van der Waals surface area contributed by atoms with Gasteiger partial charge in [0.25, 0.3) is 0 Å². The second-order valence-corrected chi connectivity index (χ2v) is 4.65. The van der Waals surface area contributed by atoms with Gasteiger partial charge in [0.15, 0.2) is 0 Å². The lowest BCUT2D eigenvalue weighted by Gasteiger charge is -2.14. The Hall–Kier alpha value is -2.10. The minimum atomic E-state index is -0.0318. The van der Waals surface area contributed by atoms with Crippen molar-refractivity contribution in [1.82, 2.24) is 5.32 Å². The minimum Gasteiger partial charge on any atom is -0.353 e. The van der Waals surface area contributed by atoms with Crippen LogP contribution in [0.5, 0.6) is 0 Å². The first-order valence-electron chi connectivity index (χ1n) is 6.40. The van der Waals surface area contributed by atoms with E-state index < -0.39 is 0 Å². The molecule has 0 aromatic heterocycles. The van der Waals surface area contributed by atoms with E-state index in [0.29, 0.717) is 6.54 Å². The summed E-state index contributed by atoms with van der Waals surface area (Å²) in [5.41, 5.74) is 3.32. The lowest BCUT2D eigenvalue weighted by Crippen LogP contribution is -2.25. The molecule has 0 atom stereocenters. The van der Waals surface area contributed by atoms with Gasteiger partial charge in [0.05, 0.1) is 0 Å². The summed E-state index contributed by atoms with van der Waals surface area (Å²) in [6, 6.07) is 6.08. The van der Waals surface area contributed by atoms with Gasteiger partial charge in [0.1, 0.15) is 0 Å². The summed E-state index contributed by atoms with van der Waals surface area (Å²) in [6.45, 7) is 4.39. The Balaban J connectivity index is 2.06. The molecular weight excluding hydrogens is 240 g/mol. The molecule has 0 radical (unpaired) electrons. The van der Waals surface area contributed by atoms with Crippen LogP contribution in [0.1, 0.15) is 25.0 Å². The molecule has 0 aliphatic carbocycles. The second kappa shape index (κ2) is 5.69. The van der Waals surface area contributed by atoms with Crippen LogP contribution in [0.4, 0.5) is 5.69 Å². The van der Waals surface area contributed by atoms with E-state index in [1.165, 1.54) is 12.5 Å². The van der Waals surface area contributed by atoms with E-state index in [1.807, 2.05) is 24.3 Å². The lowest BCUT2D eigenvalue weighted by atomic mass is 10.1. The maximum Gasteiger partial charge on any atom is 0.223 e. The summed E-state index contributed by atoms with van der Waals surface area (Å²) in [5, 5.41) is 2.71. The molecule has 2 amide bonds. The number of rotatable bonds is 3. The summed E-state index contributed by atoms with van der Waals surface area (Å²) in [7, 11) is 0. The molecule has 100 valence electrons. The van der Waals surface area contributed by atoms with Crippen molar-refractivity contribution in [2.45, 2.75) is 20.3 Å². The summed E-state index contributed by atoms with van der Waals surface area (Å²) in [6.07, 6.45) is 4.80. The predicted molar refractivity (Wildman–Crippen MR) is 75.9 cm³/mol. The fourth-order valence-electron chi connectivity index (χ4n) is 2.25. The third-order valence-electron chi connectivity index (χ3n) is 3.16. The molecule has 4 nitrogen and oxygen atoms in total. The van der Waals surface area contributed by atoms with Crippen molar-refractivity contribution in [1.29, 1.82) is 0 Å². The zero-order chi connectivity index (χ0) is 13.8. The van der Waals surface area contributed by atoms with Crippen LogP contribution in [-0.4, -0.2) is 24.9 Å². The second-order valence-electron chi connectivity index (χ2n) is 4.65. The van der Waals surface area contributed by atoms with Gasteiger partial charge in [-0.05, 0) is 29.7 Å². The van der Waals surface area contributed by atoms with Crippen molar-refractivity contribution in [3.63, 3.8) is 0 Å². The molecule has 0 unspecified atom stereocenters. The van der Waals surface area contributed by atoms with Gasteiger partial charge < -0.3 is 10.2 Å². The Morgan fingerprint density at radius 2 is 2.16 bits per heavy atom. The Morgan fingerprint density at radius 3 is 2.84 bits per heavy atom. The first-order valence-corrected chi connectivity index (χ1v) is 6.40. The number of carbonyl (C=O) groups excluding carboxylic acids is 2. The van der Waals surface area contributed by atoms with E-state index in [0.717, 1.165) is 24.2 Å². The first-order chi connectivity index (χ1) is 9.08. The molecule has 0 saturated heterocycles. The third kappa shape index (κ3) is 3.22. The molecule has 1 aliphatic heterocycles. The van der Waals surface area contributed by atoms with Gasteiger partial charge in [-0.1, -0.05) is 18.2 Å². The third-order valence-corrected chi connectivity index (χ3v) is 3.16. The van der Waals surface area contributed by atoms with Crippen LogP contribution in [0.2, 0.25) is 0 Å². The largest absolute Gasteiger partial charge is 0.353 e. The van der Waals surface area contributed by atoms with Gasteiger partial charge in [0.2, 0.25) is 11.8 Å². The van der Waals surface area contributed by atoms with Crippen LogP contribution in [0.25, 0.3) is 6.08 Å². The number of anilines is 1. The average Bonchev–Trinajstić information content (AvgIpc) is 2.77. The molecule has 4 heteroatoms. The maximum atomic E-state index is 11.4. The van der Waals surface area contributed by atoms with Crippen LogP contribution in [-0.2, 0) is 16.0 Å². The maximum absolute atomic E-state index is 11.4. The van der Waals surface area contributed by atoms with E-state index in [9.17, 15) is 9.59 Å². The van der Waals surface area contributed by atoms with Gasteiger partial charge in [-0.3, -0.25) is 9.59 Å². The normalized spacial score (nSPS) is 13.7. The van der Waals surface area contributed by atoms with Crippen LogP contribution in [0.3, 0.4) is 0 Å². The van der Waals surface area contributed by atoms with E-state index in [4.69, 9.17) is 0 Å². The molecule has 1 heterocycles. The van der Waals surface area contributed by atoms with Crippen LogP contribution in [0, 0.1) is 0 Å². The van der Waals surface area contributed by atoms with E-state index in [2.05, 4.69) is 11.4 Å². The molecule has 0 spiro atoms. The fourth-order valence-corrected chi connectivity index (χ4v) is 2.25. The highest BCUT2D eigenvalue weighted by Crippen LogP contribution is 2.29. The minimum absolute atomic E-state index is 0.0318. The number of benzene rings is 1. The van der Waals surface area contributed by atoms with Crippen molar-refractivity contribution in [3.8, 4) is 0 Å². The molecule has 1 aromatic rings. The molecule has 1 N–H and O–H groups in total. The molecule has 0 saturated carbocycles. The quantitative estimate of drug-likeness (QED) is 0.898. The average molecular weight is 258 g/mol. The summed E-state index contributed by atoms with van der Waals surface area (Å²) < 4.78 is 0. The van der Waals surface area contributed by atoms with E-state index in [-0.39, 0.29) is 11.8 Å². The molecule has 1 aliphatic rings. The zero-order valence-corrected chi connectivity index (χ0v) is 11.3. The van der Waals surface area contributed by atoms with Gasteiger partial charge in [-0.25, -0.2) is 0 Å². The first kappa shape index (κ1) is 13.3. The van der Waals surface area contributed by atoms with Crippen molar-refractivity contribution >= 4 is 23.6 Å². The highest BCUT2D eigenvalue weighted by Gasteiger charge is 2.21. The smallest absolute Gasteiger partial charge is 0.223 e. The molecular formula is C15H18N2O2. The van der Waals surface area contributed by atoms with Crippen LogP contribution in [0.15, 0.2) is 24.3 Å². The number of hydrogen-bond acceptors (Lipinski definition) is 2.